The molecule has 0 aliphatic rings. The van der Waals surface area contributed by atoms with Crippen LogP contribution in [0.15, 0.2) is 24.3 Å². The van der Waals surface area contributed by atoms with E-state index in [0.717, 1.165) is 6.29 Å². The molecular weight excluding hydrogens is 220 g/mol. The van der Waals surface area contributed by atoms with Gasteiger partial charge >= 0.3 is 0 Å². The van der Waals surface area contributed by atoms with Gasteiger partial charge in [0.15, 0.2) is 5.78 Å². The van der Waals surface area contributed by atoms with Crippen LogP contribution in [0.4, 0.5) is 0 Å². The molecule has 0 saturated heterocycles. The molecule has 0 aliphatic carbocycles. The Balaban J connectivity index is 2.68. The quantitative estimate of drug-likeness (QED) is 0.463. The van der Waals surface area contributed by atoms with Crippen LogP contribution in [0.3, 0.4) is 0 Å². The lowest BCUT2D eigenvalue weighted by molar-refractivity contribution is -0.108. The molecule has 0 saturated carbocycles. The standard InChI is InChI=1S/C13H16O4/c1-13(2,16)12(15)10-4-6-11(7-5-10)17-9-3-8-14/h4-8,16H,3,9H2,1-2H3. The van der Waals surface area contributed by atoms with Gasteiger partial charge < -0.3 is 14.6 Å². The van der Waals surface area contributed by atoms with Crippen LogP contribution in [0.2, 0.25) is 0 Å². The summed E-state index contributed by atoms with van der Waals surface area (Å²) in [5.74, 6) is 0.260. The normalized spacial score (nSPS) is 11.0. The average Bonchev–Trinajstić information content (AvgIpc) is 2.28. The largest absolute Gasteiger partial charge is 0.493 e. The predicted molar refractivity (Wildman–Crippen MR) is 63.2 cm³/mol. The molecule has 1 aromatic rings. The van der Waals surface area contributed by atoms with Gasteiger partial charge in [0.2, 0.25) is 0 Å². The fourth-order valence-electron chi connectivity index (χ4n) is 1.28. The van der Waals surface area contributed by atoms with Crippen molar-refractivity contribution in [3.63, 3.8) is 0 Å². The fourth-order valence-corrected chi connectivity index (χ4v) is 1.28. The third-order valence-electron chi connectivity index (χ3n) is 2.18. The third-order valence-corrected chi connectivity index (χ3v) is 2.18. The van der Waals surface area contributed by atoms with Crippen molar-refractivity contribution in [3.05, 3.63) is 29.8 Å². The summed E-state index contributed by atoms with van der Waals surface area (Å²) in [6.07, 6.45) is 1.12. The first-order chi connectivity index (χ1) is 7.95. The zero-order valence-corrected chi connectivity index (χ0v) is 9.97. The van der Waals surface area contributed by atoms with Gasteiger partial charge in [-0.1, -0.05) is 0 Å². The Morgan fingerprint density at radius 3 is 2.41 bits per heavy atom. The lowest BCUT2D eigenvalue weighted by atomic mass is 9.97. The van der Waals surface area contributed by atoms with Crippen molar-refractivity contribution < 1.29 is 19.4 Å². The second-order valence-corrected chi connectivity index (χ2v) is 4.22. The highest BCUT2D eigenvalue weighted by Gasteiger charge is 2.24. The first kappa shape index (κ1) is 13.4. The van der Waals surface area contributed by atoms with Crippen molar-refractivity contribution in [3.8, 4) is 5.75 Å². The van der Waals surface area contributed by atoms with Gasteiger partial charge in [0.1, 0.15) is 17.6 Å². The zero-order chi connectivity index (χ0) is 12.9. The molecule has 0 amide bonds. The molecule has 0 fully saturated rings. The van der Waals surface area contributed by atoms with Crippen molar-refractivity contribution in [1.29, 1.82) is 0 Å². The highest BCUT2D eigenvalue weighted by Crippen LogP contribution is 2.17. The zero-order valence-electron chi connectivity index (χ0n) is 9.97. The highest BCUT2D eigenvalue weighted by molar-refractivity contribution is 6.01. The SMILES string of the molecule is CC(C)(O)C(=O)c1ccc(OCCC=O)cc1. The molecule has 1 rings (SSSR count). The molecule has 0 bridgehead atoms. The van der Waals surface area contributed by atoms with Crippen molar-refractivity contribution in [2.45, 2.75) is 25.9 Å². The molecule has 92 valence electrons. The Hall–Kier alpha value is -1.68. The summed E-state index contributed by atoms with van der Waals surface area (Å²) in [5, 5.41) is 9.56. The number of hydrogen-bond acceptors (Lipinski definition) is 4. The van der Waals surface area contributed by atoms with Gasteiger partial charge in [-0.05, 0) is 38.1 Å². The van der Waals surface area contributed by atoms with Crippen molar-refractivity contribution in [1.82, 2.24) is 0 Å². The topological polar surface area (TPSA) is 63.6 Å². The minimum Gasteiger partial charge on any atom is -0.493 e. The summed E-state index contributed by atoms with van der Waals surface area (Å²) in [6.45, 7) is 3.22. The summed E-state index contributed by atoms with van der Waals surface area (Å²) < 4.78 is 5.26. The summed E-state index contributed by atoms with van der Waals surface area (Å²) in [4.78, 5) is 21.8. The Morgan fingerprint density at radius 1 is 1.35 bits per heavy atom. The van der Waals surface area contributed by atoms with E-state index >= 15 is 0 Å². The smallest absolute Gasteiger partial charge is 0.193 e. The van der Waals surface area contributed by atoms with Crippen LogP contribution < -0.4 is 4.74 Å². The van der Waals surface area contributed by atoms with Crippen LogP contribution >= 0.6 is 0 Å². The maximum Gasteiger partial charge on any atom is 0.193 e. The third kappa shape index (κ3) is 4.00. The highest BCUT2D eigenvalue weighted by atomic mass is 16.5. The van der Waals surface area contributed by atoms with Gasteiger partial charge in [-0.3, -0.25) is 4.79 Å². The molecule has 1 N–H and O–H groups in total. The second-order valence-electron chi connectivity index (χ2n) is 4.22. The molecule has 0 radical (unpaired) electrons. The molecule has 0 unspecified atom stereocenters. The van der Waals surface area contributed by atoms with Crippen LogP contribution in [0.25, 0.3) is 0 Å². The number of Topliss-reactive ketones (excluding diaryl/α,β-unsaturated/α-hetero) is 1. The van der Waals surface area contributed by atoms with Gasteiger partial charge in [-0.15, -0.1) is 0 Å². The van der Waals surface area contributed by atoms with E-state index < -0.39 is 5.60 Å². The van der Waals surface area contributed by atoms with Gasteiger partial charge in [0, 0.05) is 12.0 Å². The maximum absolute atomic E-state index is 11.7. The minimum atomic E-state index is -1.38. The lowest BCUT2D eigenvalue weighted by Crippen LogP contribution is -2.30. The number of carbonyl (C=O) groups excluding carboxylic acids is 2. The summed E-state index contributed by atoms with van der Waals surface area (Å²) in [7, 11) is 0. The van der Waals surface area contributed by atoms with Crippen molar-refractivity contribution in [2.75, 3.05) is 6.61 Å². The van der Waals surface area contributed by atoms with Gasteiger partial charge in [-0.25, -0.2) is 0 Å². The van der Waals surface area contributed by atoms with Gasteiger partial charge in [0.25, 0.3) is 0 Å². The Kier molecular flexibility index (Phi) is 4.40. The summed E-state index contributed by atoms with van der Waals surface area (Å²) in [5.41, 5.74) is -0.944. The van der Waals surface area contributed by atoms with Gasteiger partial charge in [0.05, 0.1) is 6.61 Å². The molecular formula is C13H16O4. The lowest BCUT2D eigenvalue weighted by Gasteiger charge is -2.15. The average molecular weight is 236 g/mol. The summed E-state index contributed by atoms with van der Waals surface area (Å²) >= 11 is 0. The number of carbonyl (C=O) groups is 2. The van der Waals surface area contributed by atoms with E-state index in [4.69, 9.17) is 4.74 Å². The number of hydrogen-bond donors (Lipinski definition) is 1. The number of ketones is 1. The monoisotopic (exact) mass is 236 g/mol. The molecule has 0 heterocycles. The molecule has 1 aromatic carbocycles. The molecule has 0 aromatic heterocycles. The first-order valence-electron chi connectivity index (χ1n) is 5.39. The predicted octanol–water partition coefficient (Wildman–Crippen LogP) is 1.61. The second kappa shape index (κ2) is 5.59. The Morgan fingerprint density at radius 2 is 1.94 bits per heavy atom. The van der Waals surface area contributed by atoms with E-state index in [9.17, 15) is 14.7 Å². The number of aldehydes is 1. The van der Waals surface area contributed by atoms with Crippen molar-refractivity contribution in [2.24, 2.45) is 0 Å². The molecule has 0 spiro atoms. The van der Waals surface area contributed by atoms with Crippen LogP contribution in [0.5, 0.6) is 5.75 Å². The van der Waals surface area contributed by atoms with Crippen LogP contribution in [0.1, 0.15) is 30.6 Å². The minimum absolute atomic E-state index is 0.322. The molecule has 17 heavy (non-hydrogen) atoms. The molecule has 0 atom stereocenters. The van der Waals surface area contributed by atoms with E-state index in [0.29, 0.717) is 24.3 Å². The summed E-state index contributed by atoms with van der Waals surface area (Å²) in [6, 6.07) is 6.47. The van der Waals surface area contributed by atoms with Gasteiger partial charge in [-0.2, -0.15) is 0 Å². The van der Waals surface area contributed by atoms with Crippen LogP contribution in [0, 0.1) is 0 Å². The number of benzene rings is 1. The number of aliphatic hydroxyl groups is 1. The number of rotatable bonds is 6. The van der Waals surface area contributed by atoms with E-state index in [1.807, 2.05) is 0 Å². The van der Waals surface area contributed by atoms with Crippen molar-refractivity contribution >= 4 is 12.1 Å². The molecule has 4 nitrogen and oxygen atoms in total. The van der Waals surface area contributed by atoms with E-state index in [2.05, 4.69) is 0 Å². The Labute approximate surface area is 100 Å². The van der Waals surface area contributed by atoms with Crippen LogP contribution in [-0.2, 0) is 4.79 Å². The van der Waals surface area contributed by atoms with E-state index in [1.54, 1.807) is 24.3 Å². The van der Waals surface area contributed by atoms with E-state index in [-0.39, 0.29) is 5.78 Å². The maximum atomic E-state index is 11.7. The fraction of sp³-hybridized carbons (Fsp3) is 0.385. The molecule has 4 heteroatoms. The first-order valence-corrected chi connectivity index (χ1v) is 5.39. The van der Waals surface area contributed by atoms with Crippen LogP contribution in [-0.4, -0.2) is 29.4 Å². The Bertz CT molecular complexity index is 387. The van der Waals surface area contributed by atoms with E-state index in [1.165, 1.54) is 13.8 Å². The molecule has 0 aliphatic heterocycles. The number of ether oxygens (including phenoxy) is 1.